The summed E-state index contributed by atoms with van der Waals surface area (Å²) in [6.45, 7) is 0. The van der Waals surface area contributed by atoms with E-state index in [1.54, 1.807) is 6.20 Å². The highest BCUT2D eigenvalue weighted by atomic mass is 16.2. The summed E-state index contributed by atoms with van der Waals surface area (Å²) in [5.74, 6) is 0.353. The Hall–Kier alpha value is -3.72. The first-order valence-electron chi connectivity index (χ1n) is 10.2. The van der Waals surface area contributed by atoms with Gasteiger partial charge in [-0.1, -0.05) is 30.3 Å². The lowest BCUT2D eigenvalue weighted by molar-refractivity contribution is 0.0952. The van der Waals surface area contributed by atoms with Crippen molar-refractivity contribution in [3.05, 3.63) is 65.4 Å². The van der Waals surface area contributed by atoms with Gasteiger partial charge in [0.25, 0.3) is 5.91 Å². The molecular weight excluding hydrogens is 374 g/mol. The van der Waals surface area contributed by atoms with Gasteiger partial charge in [-0.3, -0.25) is 4.79 Å². The van der Waals surface area contributed by atoms with Gasteiger partial charge in [0.1, 0.15) is 11.5 Å². The number of nitrogens with two attached hydrogens (primary N) is 1. The number of nitrogens with zero attached hydrogens (tertiary/aromatic N) is 3. The number of aromatic nitrogens is 2. The third-order valence-electron chi connectivity index (χ3n) is 6.65. The Balaban J connectivity index is 1.39. The van der Waals surface area contributed by atoms with Crippen LogP contribution < -0.4 is 11.1 Å². The van der Waals surface area contributed by atoms with Gasteiger partial charge in [0, 0.05) is 16.7 Å². The summed E-state index contributed by atoms with van der Waals surface area (Å²) in [6, 6.07) is 16.2. The summed E-state index contributed by atoms with van der Waals surface area (Å²) in [5, 5.41) is 12.5. The molecule has 30 heavy (non-hydrogen) atoms. The van der Waals surface area contributed by atoms with Crippen LogP contribution in [0.2, 0.25) is 0 Å². The first kappa shape index (κ1) is 17.2. The second-order valence-corrected chi connectivity index (χ2v) is 8.56. The molecule has 0 atom stereocenters. The number of carbonyl (C=O) groups excluding carboxylic acids is 1. The third-order valence-corrected chi connectivity index (χ3v) is 6.65. The Morgan fingerprint density at radius 1 is 1.03 bits per heavy atom. The molecule has 2 saturated carbocycles. The lowest BCUT2D eigenvalue weighted by Gasteiger charge is -2.12. The van der Waals surface area contributed by atoms with Crippen molar-refractivity contribution in [3.8, 4) is 28.6 Å². The molecule has 3 N–H and O–H groups in total. The minimum absolute atomic E-state index is 0.00671. The van der Waals surface area contributed by atoms with E-state index in [9.17, 15) is 10.1 Å². The second kappa shape index (κ2) is 5.67. The summed E-state index contributed by atoms with van der Waals surface area (Å²) >= 11 is 0. The molecule has 0 unspecified atom stereocenters. The smallest absolute Gasteiger partial charge is 0.252 e. The minimum Gasteiger partial charge on any atom is -0.382 e. The monoisotopic (exact) mass is 393 g/mol. The highest BCUT2D eigenvalue weighted by Crippen LogP contribution is 2.51. The van der Waals surface area contributed by atoms with Crippen molar-refractivity contribution in [1.29, 1.82) is 5.26 Å². The van der Waals surface area contributed by atoms with Crippen LogP contribution in [-0.2, 0) is 11.0 Å². The van der Waals surface area contributed by atoms with Crippen molar-refractivity contribution in [2.75, 3.05) is 5.73 Å². The average molecular weight is 393 g/mol. The van der Waals surface area contributed by atoms with E-state index in [2.05, 4.69) is 16.4 Å². The number of amides is 1. The van der Waals surface area contributed by atoms with Gasteiger partial charge in [0.15, 0.2) is 0 Å². The molecule has 2 aliphatic carbocycles. The molecule has 1 aromatic heterocycles. The van der Waals surface area contributed by atoms with Crippen LogP contribution in [0.15, 0.2) is 48.7 Å². The molecule has 0 radical (unpaired) electrons. The molecule has 1 amide bonds. The zero-order valence-corrected chi connectivity index (χ0v) is 16.3. The van der Waals surface area contributed by atoms with Gasteiger partial charge in [-0.15, -0.1) is 0 Å². The zero-order valence-electron chi connectivity index (χ0n) is 16.3. The number of nitrogens with one attached hydrogen (secondary N) is 1. The van der Waals surface area contributed by atoms with Crippen LogP contribution in [0.5, 0.6) is 0 Å². The van der Waals surface area contributed by atoms with E-state index in [4.69, 9.17) is 10.7 Å². The highest BCUT2D eigenvalue weighted by Gasteiger charge is 2.52. The number of nitrogen functional groups attached to an aromatic ring is 1. The van der Waals surface area contributed by atoms with E-state index in [1.807, 2.05) is 42.5 Å². The van der Waals surface area contributed by atoms with Gasteiger partial charge in [-0.2, -0.15) is 5.26 Å². The molecule has 0 saturated heterocycles. The fourth-order valence-electron chi connectivity index (χ4n) is 4.46. The van der Waals surface area contributed by atoms with Crippen LogP contribution in [0.4, 0.5) is 5.82 Å². The highest BCUT2D eigenvalue weighted by molar-refractivity contribution is 6.01. The molecule has 146 valence electrons. The first-order chi connectivity index (χ1) is 14.5. The van der Waals surface area contributed by atoms with Gasteiger partial charge in [0.2, 0.25) is 0 Å². The Labute approximate surface area is 173 Å². The summed E-state index contributed by atoms with van der Waals surface area (Å²) in [6.07, 6.45) is 5.45. The van der Waals surface area contributed by atoms with Crippen molar-refractivity contribution in [1.82, 2.24) is 15.3 Å². The molecule has 0 bridgehead atoms. The van der Waals surface area contributed by atoms with Gasteiger partial charge in [0.05, 0.1) is 28.9 Å². The number of nitriles is 1. The summed E-state index contributed by atoms with van der Waals surface area (Å²) < 4.78 is 0. The molecular formula is C24H19N5O. The van der Waals surface area contributed by atoms with E-state index < -0.39 is 0 Å². The molecule has 3 aromatic rings. The van der Waals surface area contributed by atoms with Gasteiger partial charge >= 0.3 is 0 Å². The van der Waals surface area contributed by atoms with E-state index in [-0.39, 0.29) is 16.9 Å². The van der Waals surface area contributed by atoms with Gasteiger partial charge in [-0.05, 0) is 48.9 Å². The van der Waals surface area contributed by atoms with E-state index in [1.165, 1.54) is 0 Å². The Bertz CT molecular complexity index is 1260. The van der Waals surface area contributed by atoms with Gasteiger partial charge < -0.3 is 11.1 Å². The molecule has 3 aliphatic rings. The Kier molecular flexibility index (Phi) is 3.24. The van der Waals surface area contributed by atoms with Crippen LogP contribution >= 0.6 is 0 Å². The number of hydrogen-bond donors (Lipinski definition) is 2. The predicted octanol–water partition coefficient (Wildman–Crippen LogP) is 3.68. The van der Waals surface area contributed by atoms with Gasteiger partial charge in [-0.25, -0.2) is 9.97 Å². The Morgan fingerprint density at radius 2 is 1.77 bits per heavy atom. The fraction of sp³-hybridized carbons (Fsp3) is 0.250. The largest absolute Gasteiger partial charge is 0.382 e. The molecule has 2 heterocycles. The maximum absolute atomic E-state index is 12.2. The topological polar surface area (TPSA) is 105 Å². The van der Waals surface area contributed by atoms with Crippen LogP contribution in [-0.4, -0.2) is 15.9 Å². The lowest BCUT2D eigenvalue weighted by Crippen LogP contribution is -2.25. The van der Waals surface area contributed by atoms with E-state index >= 15 is 0 Å². The van der Waals surface area contributed by atoms with Crippen LogP contribution in [0.1, 0.15) is 47.2 Å². The van der Waals surface area contributed by atoms with Crippen LogP contribution in [0.25, 0.3) is 22.5 Å². The standard InChI is InChI=1S/C24H19N5O/c25-13-23(7-8-23)16-4-1-14(2-5-16)19-12-27-21(26)20(28-19)15-3-6-17-18(11-15)24(9-10-24)29-22(17)30/h1-6,11-12H,7-10H2,(H2,26,27)(H,29,30). The van der Waals surface area contributed by atoms with E-state index in [0.29, 0.717) is 11.5 Å². The molecule has 6 nitrogen and oxygen atoms in total. The summed E-state index contributed by atoms with van der Waals surface area (Å²) in [4.78, 5) is 21.4. The number of carbonyl (C=O) groups is 1. The maximum Gasteiger partial charge on any atom is 0.252 e. The number of benzene rings is 2. The van der Waals surface area contributed by atoms with Crippen molar-refractivity contribution >= 4 is 11.7 Å². The molecule has 1 spiro atoms. The van der Waals surface area contributed by atoms with Crippen LogP contribution in [0, 0.1) is 11.3 Å². The molecule has 6 rings (SSSR count). The Morgan fingerprint density at radius 3 is 2.43 bits per heavy atom. The zero-order chi connectivity index (χ0) is 20.5. The summed E-state index contributed by atoms with van der Waals surface area (Å²) in [5.41, 5.74) is 11.6. The number of rotatable bonds is 3. The molecule has 6 heteroatoms. The fourth-order valence-corrected chi connectivity index (χ4v) is 4.46. The van der Waals surface area contributed by atoms with Crippen molar-refractivity contribution in [3.63, 3.8) is 0 Å². The van der Waals surface area contributed by atoms with E-state index in [0.717, 1.165) is 59.2 Å². The molecule has 2 fully saturated rings. The van der Waals surface area contributed by atoms with Crippen molar-refractivity contribution in [2.45, 2.75) is 36.6 Å². The number of fused-ring (bicyclic) bond motifs is 2. The SMILES string of the molecule is N#CC1(c2ccc(-c3cnc(N)c(-c4ccc5c(c4)C4(CC4)NC5=O)n3)cc2)CC1. The molecule has 1 aliphatic heterocycles. The first-order valence-corrected chi connectivity index (χ1v) is 10.2. The second-order valence-electron chi connectivity index (χ2n) is 8.56. The molecule has 2 aromatic carbocycles. The predicted molar refractivity (Wildman–Crippen MR) is 112 cm³/mol. The average Bonchev–Trinajstić information content (AvgIpc) is 3.69. The minimum atomic E-state index is -0.300. The van der Waals surface area contributed by atoms with Crippen molar-refractivity contribution < 1.29 is 4.79 Å². The normalized spacial score (nSPS) is 19.1. The quantitative estimate of drug-likeness (QED) is 0.706. The third kappa shape index (κ3) is 2.38. The van der Waals surface area contributed by atoms with Crippen molar-refractivity contribution in [2.24, 2.45) is 0 Å². The number of anilines is 1. The maximum atomic E-state index is 12.2. The lowest BCUT2D eigenvalue weighted by atomic mass is 9.96. The van der Waals surface area contributed by atoms with Crippen LogP contribution in [0.3, 0.4) is 0 Å². The summed E-state index contributed by atoms with van der Waals surface area (Å²) in [7, 11) is 0. The number of hydrogen-bond acceptors (Lipinski definition) is 5.